The minimum absolute atomic E-state index is 0.279. The third-order valence-electron chi connectivity index (χ3n) is 3.61. The number of nitrogens with zero attached hydrogens (tertiary/aromatic N) is 3. The van der Waals surface area contributed by atoms with Gasteiger partial charge in [-0.2, -0.15) is 0 Å². The zero-order valence-electron chi connectivity index (χ0n) is 12.3. The highest BCUT2D eigenvalue weighted by Gasteiger charge is 2.18. The van der Waals surface area contributed by atoms with Gasteiger partial charge in [0.2, 0.25) is 0 Å². The summed E-state index contributed by atoms with van der Waals surface area (Å²) in [5.41, 5.74) is 0.933. The van der Waals surface area contributed by atoms with Crippen molar-refractivity contribution in [2.45, 2.75) is 19.8 Å². The van der Waals surface area contributed by atoms with E-state index in [1.165, 1.54) is 0 Å². The molecule has 0 bridgehead atoms. The van der Waals surface area contributed by atoms with Gasteiger partial charge >= 0.3 is 0 Å². The molecule has 1 aromatic carbocycles. The van der Waals surface area contributed by atoms with Gasteiger partial charge in [-0.15, -0.1) is 0 Å². The topological polar surface area (TPSA) is 58.1 Å². The Hall–Kier alpha value is -2.14. The number of hydrogen-bond donors (Lipinski definition) is 1. The average Bonchev–Trinajstić information content (AvgIpc) is 3.03. The van der Waals surface area contributed by atoms with Crippen LogP contribution in [0, 0.1) is 6.92 Å². The molecule has 0 spiro atoms. The second kappa shape index (κ2) is 6.32. The predicted molar refractivity (Wildman–Crippen MR) is 87.6 cm³/mol. The normalized spacial score (nSPS) is 14.2. The number of anilines is 2. The number of aromatic nitrogens is 2. The van der Waals surface area contributed by atoms with Crippen LogP contribution in [-0.2, 0) is 0 Å². The summed E-state index contributed by atoms with van der Waals surface area (Å²) in [6, 6.07) is 8.87. The molecule has 3 rings (SSSR count). The van der Waals surface area contributed by atoms with E-state index in [0.717, 1.165) is 31.7 Å². The summed E-state index contributed by atoms with van der Waals surface area (Å²) in [5, 5.41) is 3.29. The summed E-state index contributed by atoms with van der Waals surface area (Å²) < 4.78 is 0. The van der Waals surface area contributed by atoms with Crippen molar-refractivity contribution in [3.8, 4) is 0 Å². The molecular weight excluding hydrogens is 300 g/mol. The van der Waals surface area contributed by atoms with E-state index in [9.17, 15) is 4.79 Å². The Balaban J connectivity index is 1.84. The van der Waals surface area contributed by atoms with Crippen LogP contribution in [0.25, 0.3) is 0 Å². The summed E-state index contributed by atoms with van der Waals surface area (Å²) in [7, 11) is 0. The lowest BCUT2D eigenvalue weighted by atomic mass is 10.3. The van der Waals surface area contributed by atoms with Gasteiger partial charge in [0, 0.05) is 19.2 Å². The lowest BCUT2D eigenvalue weighted by Gasteiger charge is -2.17. The summed E-state index contributed by atoms with van der Waals surface area (Å²) >= 11 is 6.07. The van der Waals surface area contributed by atoms with Crippen LogP contribution in [0.5, 0.6) is 0 Å². The molecule has 0 saturated carbocycles. The van der Waals surface area contributed by atoms with Gasteiger partial charge in [-0.05, 0) is 31.9 Å². The van der Waals surface area contributed by atoms with Gasteiger partial charge in [-0.1, -0.05) is 23.7 Å². The number of benzene rings is 1. The maximum Gasteiger partial charge on any atom is 0.274 e. The summed E-state index contributed by atoms with van der Waals surface area (Å²) in [5.74, 6) is 1.13. The smallest absolute Gasteiger partial charge is 0.274 e. The van der Waals surface area contributed by atoms with Crippen molar-refractivity contribution in [3.63, 3.8) is 0 Å². The Bertz CT molecular complexity index is 698. The Labute approximate surface area is 134 Å². The fraction of sp³-hybridized carbons (Fsp3) is 0.312. The minimum Gasteiger partial charge on any atom is -0.356 e. The third kappa shape index (κ3) is 3.20. The van der Waals surface area contributed by atoms with E-state index < -0.39 is 0 Å². The van der Waals surface area contributed by atoms with Crippen molar-refractivity contribution in [1.29, 1.82) is 0 Å². The molecule has 1 aliphatic rings. The van der Waals surface area contributed by atoms with Crippen LogP contribution >= 0.6 is 11.6 Å². The highest BCUT2D eigenvalue weighted by atomic mass is 35.5. The zero-order valence-corrected chi connectivity index (χ0v) is 13.1. The molecule has 0 radical (unpaired) electrons. The number of hydrogen-bond acceptors (Lipinski definition) is 4. The summed E-state index contributed by atoms with van der Waals surface area (Å²) in [6.07, 6.45) is 2.31. The fourth-order valence-corrected chi connectivity index (χ4v) is 2.71. The average molecular weight is 317 g/mol. The number of amides is 1. The van der Waals surface area contributed by atoms with E-state index in [0.29, 0.717) is 22.2 Å². The van der Waals surface area contributed by atoms with E-state index in [-0.39, 0.29) is 5.91 Å². The maximum absolute atomic E-state index is 12.4. The molecule has 5 nitrogen and oxygen atoms in total. The Kier molecular flexibility index (Phi) is 4.24. The van der Waals surface area contributed by atoms with Gasteiger partial charge in [-0.3, -0.25) is 4.79 Å². The van der Waals surface area contributed by atoms with Crippen molar-refractivity contribution in [1.82, 2.24) is 9.97 Å². The van der Waals surface area contributed by atoms with Gasteiger partial charge < -0.3 is 10.2 Å². The molecule has 0 aliphatic carbocycles. The third-order valence-corrected chi connectivity index (χ3v) is 3.94. The Morgan fingerprint density at radius 1 is 1.23 bits per heavy atom. The van der Waals surface area contributed by atoms with Crippen molar-refractivity contribution in [3.05, 3.63) is 46.9 Å². The summed E-state index contributed by atoms with van der Waals surface area (Å²) in [4.78, 5) is 23.3. The van der Waals surface area contributed by atoms with Crippen molar-refractivity contribution < 1.29 is 4.79 Å². The molecule has 1 N–H and O–H groups in total. The second-order valence-corrected chi connectivity index (χ2v) is 5.69. The largest absolute Gasteiger partial charge is 0.356 e. The molecule has 6 heteroatoms. The number of aryl methyl sites for hydroxylation is 1. The number of nitrogens with one attached hydrogen (secondary N) is 1. The molecule has 2 heterocycles. The van der Waals surface area contributed by atoms with Gasteiger partial charge in [-0.25, -0.2) is 9.97 Å². The quantitative estimate of drug-likeness (QED) is 0.944. The lowest BCUT2D eigenvalue weighted by Crippen LogP contribution is -2.22. The highest BCUT2D eigenvalue weighted by Crippen LogP contribution is 2.22. The fourth-order valence-electron chi connectivity index (χ4n) is 2.53. The number of halogens is 1. The molecule has 1 aromatic heterocycles. The van der Waals surface area contributed by atoms with Crippen molar-refractivity contribution >= 4 is 29.0 Å². The van der Waals surface area contributed by atoms with Crippen LogP contribution in [0.1, 0.15) is 29.2 Å². The first kappa shape index (κ1) is 14.8. The zero-order chi connectivity index (χ0) is 15.5. The number of carbonyl (C=O) groups excluding carboxylic acids is 1. The predicted octanol–water partition coefficient (Wildman–Crippen LogP) is 3.29. The molecule has 2 aromatic rings. The van der Waals surface area contributed by atoms with E-state index in [1.807, 2.05) is 12.1 Å². The van der Waals surface area contributed by atoms with E-state index in [4.69, 9.17) is 11.6 Å². The van der Waals surface area contributed by atoms with Crippen LogP contribution in [0.2, 0.25) is 5.02 Å². The molecule has 0 unspecified atom stereocenters. The number of rotatable bonds is 3. The first-order chi connectivity index (χ1) is 10.6. The Morgan fingerprint density at radius 3 is 2.68 bits per heavy atom. The van der Waals surface area contributed by atoms with E-state index in [1.54, 1.807) is 25.1 Å². The first-order valence-corrected chi connectivity index (χ1v) is 7.68. The van der Waals surface area contributed by atoms with E-state index >= 15 is 0 Å². The molecule has 1 aliphatic heterocycles. The van der Waals surface area contributed by atoms with Gasteiger partial charge in [0.1, 0.15) is 17.3 Å². The van der Waals surface area contributed by atoms with Gasteiger partial charge in [0.15, 0.2) is 0 Å². The maximum atomic E-state index is 12.4. The number of para-hydroxylation sites is 1. The van der Waals surface area contributed by atoms with Gasteiger partial charge in [0.05, 0.1) is 10.7 Å². The molecule has 1 amide bonds. The lowest BCUT2D eigenvalue weighted by molar-refractivity contribution is 0.102. The SMILES string of the molecule is Cc1nc(C(=O)Nc2ccccc2Cl)cc(N2CCCC2)n1. The highest BCUT2D eigenvalue weighted by molar-refractivity contribution is 6.33. The number of carbonyl (C=O) groups is 1. The minimum atomic E-state index is -0.279. The molecule has 1 fully saturated rings. The van der Waals surface area contributed by atoms with Crippen molar-refractivity contribution in [2.24, 2.45) is 0 Å². The van der Waals surface area contributed by atoms with E-state index in [2.05, 4.69) is 20.2 Å². The van der Waals surface area contributed by atoms with Gasteiger partial charge in [0.25, 0.3) is 5.91 Å². The van der Waals surface area contributed by atoms with Crippen LogP contribution in [0.3, 0.4) is 0 Å². The molecular formula is C16H17ClN4O. The van der Waals surface area contributed by atoms with Crippen LogP contribution < -0.4 is 10.2 Å². The van der Waals surface area contributed by atoms with Crippen LogP contribution in [0.4, 0.5) is 11.5 Å². The standard InChI is InChI=1S/C16H17ClN4O/c1-11-18-14(10-15(19-11)21-8-4-5-9-21)16(22)20-13-7-3-2-6-12(13)17/h2-3,6-7,10H,4-5,8-9H2,1H3,(H,20,22). The Morgan fingerprint density at radius 2 is 1.95 bits per heavy atom. The summed E-state index contributed by atoms with van der Waals surface area (Å²) in [6.45, 7) is 3.75. The van der Waals surface area contributed by atoms with Crippen LogP contribution in [0.15, 0.2) is 30.3 Å². The molecule has 0 atom stereocenters. The molecule has 1 saturated heterocycles. The van der Waals surface area contributed by atoms with Crippen molar-refractivity contribution in [2.75, 3.05) is 23.3 Å². The molecule has 114 valence electrons. The van der Waals surface area contributed by atoms with Crippen LogP contribution in [-0.4, -0.2) is 29.0 Å². The monoisotopic (exact) mass is 316 g/mol. The first-order valence-electron chi connectivity index (χ1n) is 7.30. The second-order valence-electron chi connectivity index (χ2n) is 5.29. The molecule has 22 heavy (non-hydrogen) atoms.